The molecule has 3 aromatic heterocycles. The van der Waals surface area contributed by atoms with Gasteiger partial charge in [-0.2, -0.15) is 5.10 Å². The quantitative estimate of drug-likeness (QED) is 0.345. The molecular weight excluding hydrogens is 224 g/mol. The zero-order valence-corrected chi connectivity index (χ0v) is 9.41. The molecule has 0 saturated carbocycles. The van der Waals surface area contributed by atoms with Gasteiger partial charge in [0.15, 0.2) is 0 Å². The topological polar surface area (TPSA) is 51.6 Å². The molecule has 0 aliphatic heterocycles. The highest BCUT2D eigenvalue weighted by molar-refractivity contribution is 6.08. The van der Waals surface area contributed by atoms with E-state index in [2.05, 4.69) is 26.2 Å². The van der Waals surface area contributed by atoms with Crippen LogP contribution in [0.5, 0.6) is 0 Å². The molecule has 0 atom stereocenters. The molecule has 0 bridgehead atoms. The maximum atomic E-state index is 4.60. The first kappa shape index (κ1) is 9.41. The van der Waals surface area contributed by atoms with Crippen LogP contribution in [0.4, 0.5) is 0 Å². The number of hydrogen-bond acceptors (Lipinski definition) is 4. The van der Waals surface area contributed by atoms with Crippen molar-refractivity contribution in [1.82, 2.24) is 20.2 Å². The number of benzene rings is 1. The second kappa shape index (κ2) is 3.43. The summed E-state index contributed by atoms with van der Waals surface area (Å²) >= 11 is 0. The van der Waals surface area contributed by atoms with Crippen LogP contribution < -0.4 is 0 Å². The molecular formula is C14H8N4. The van der Waals surface area contributed by atoms with Gasteiger partial charge in [-0.1, -0.05) is 6.07 Å². The Labute approximate surface area is 102 Å². The molecule has 0 radical (unpaired) electrons. The lowest BCUT2D eigenvalue weighted by molar-refractivity contribution is 1.07. The molecule has 18 heavy (non-hydrogen) atoms. The first-order valence-corrected chi connectivity index (χ1v) is 5.67. The van der Waals surface area contributed by atoms with Crippen molar-refractivity contribution in [3.63, 3.8) is 0 Å². The van der Waals surface area contributed by atoms with Crippen LogP contribution in [-0.2, 0) is 0 Å². The predicted octanol–water partition coefficient (Wildman–Crippen LogP) is 2.73. The number of nitrogens with zero attached hydrogens (tertiary/aromatic N) is 4. The van der Waals surface area contributed by atoms with Gasteiger partial charge in [0, 0.05) is 23.2 Å². The van der Waals surface area contributed by atoms with Gasteiger partial charge < -0.3 is 0 Å². The Kier molecular flexibility index (Phi) is 1.80. The molecule has 0 amide bonds. The van der Waals surface area contributed by atoms with Gasteiger partial charge in [-0.3, -0.25) is 4.98 Å². The summed E-state index contributed by atoms with van der Waals surface area (Å²) in [4.78, 5) is 8.78. The van der Waals surface area contributed by atoms with Crippen LogP contribution in [-0.4, -0.2) is 20.2 Å². The Morgan fingerprint density at radius 2 is 1.78 bits per heavy atom. The molecule has 3 heterocycles. The van der Waals surface area contributed by atoms with E-state index in [-0.39, 0.29) is 0 Å². The van der Waals surface area contributed by atoms with Gasteiger partial charge in [0.25, 0.3) is 0 Å². The molecule has 0 aliphatic rings. The first-order valence-electron chi connectivity index (χ1n) is 5.67. The van der Waals surface area contributed by atoms with E-state index in [1.807, 2.05) is 30.5 Å². The molecule has 84 valence electrons. The van der Waals surface area contributed by atoms with E-state index < -0.39 is 0 Å². The van der Waals surface area contributed by atoms with Gasteiger partial charge in [0.2, 0.25) is 0 Å². The number of aromatic nitrogens is 4. The second-order valence-electron chi connectivity index (χ2n) is 4.15. The maximum absolute atomic E-state index is 4.60. The highest BCUT2D eigenvalue weighted by atomic mass is 15.1. The van der Waals surface area contributed by atoms with Gasteiger partial charge in [0.05, 0.1) is 17.2 Å². The van der Waals surface area contributed by atoms with Gasteiger partial charge >= 0.3 is 0 Å². The Balaban J connectivity index is 2.27. The van der Waals surface area contributed by atoms with E-state index in [1.165, 1.54) is 0 Å². The molecule has 4 rings (SSSR count). The third-order valence-corrected chi connectivity index (χ3v) is 3.09. The molecule has 1 aromatic carbocycles. The summed E-state index contributed by atoms with van der Waals surface area (Å²) in [5.41, 5.74) is 2.62. The summed E-state index contributed by atoms with van der Waals surface area (Å²) in [7, 11) is 0. The van der Waals surface area contributed by atoms with E-state index in [0.717, 1.165) is 32.7 Å². The Morgan fingerprint density at radius 3 is 2.78 bits per heavy atom. The van der Waals surface area contributed by atoms with Crippen molar-refractivity contribution >= 4 is 32.7 Å². The molecule has 4 heteroatoms. The zero-order valence-electron chi connectivity index (χ0n) is 9.41. The fourth-order valence-electron chi connectivity index (χ4n) is 2.22. The number of hydrogen-bond donors (Lipinski definition) is 0. The standard InChI is InChI=1S/C14H8N4/c1-2-12-10(11-8-15-5-3-9(1)11)7-14-13(17-12)4-6-16-18-14/h1-8H. The van der Waals surface area contributed by atoms with Crippen molar-refractivity contribution in [2.24, 2.45) is 0 Å². The summed E-state index contributed by atoms with van der Waals surface area (Å²) < 4.78 is 0. The van der Waals surface area contributed by atoms with E-state index in [0.29, 0.717) is 0 Å². The fourth-order valence-corrected chi connectivity index (χ4v) is 2.22. The third kappa shape index (κ3) is 1.26. The Hall–Kier alpha value is -2.62. The van der Waals surface area contributed by atoms with Crippen molar-refractivity contribution in [2.75, 3.05) is 0 Å². The van der Waals surface area contributed by atoms with Gasteiger partial charge in [-0.05, 0) is 29.7 Å². The minimum Gasteiger partial charge on any atom is -0.264 e. The zero-order chi connectivity index (χ0) is 11.9. The predicted molar refractivity (Wildman–Crippen MR) is 70.1 cm³/mol. The number of fused-ring (bicyclic) bond motifs is 4. The number of rotatable bonds is 0. The van der Waals surface area contributed by atoms with Crippen LogP contribution in [0.15, 0.2) is 48.9 Å². The van der Waals surface area contributed by atoms with Crippen LogP contribution in [0.2, 0.25) is 0 Å². The average Bonchev–Trinajstić information content (AvgIpc) is 2.45. The summed E-state index contributed by atoms with van der Waals surface area (Å²) in [6.07, 6.45) is 5.31. The molecule has 0 unspecified atom stereocenters. The van der Waals surface area contributed by atoms with E-state index >= 15 is 0 Å². The largest absolute Gasteiger partial charge is 0.264 e. The van der Waals surface area contributed by atoms with Crippen molar-refractivity contribution in [3.8, 4) is 0 Å². The summed E-state index contributed by atoms with van der Waals surface area (Å²) in [6, 6.07) is 9.98. The minimum atomic E-state index is 0.807. The van der Waals surface area contributed by atoms with Crippen molar-refractivity contribution < 1.29 is 0 Å². The summed E-state index contributed by atoms with van der Waals surface area (Å²) in [6.45, 7) is 0. The molecule has 4 nitrogen and oxygen atoms in total. The van der Waals surface area contributed by atoms with Gasteiger partial charge in [0.1, 0.15) is 5.52 Å². The molecule has 0 fully saturated rings. The average molecular weight is 232 g/mol. The first-order chi connectivity index (χ1) is 8.92. The molecule has 0 N–H and O–H groups in total. The third-order valence-electron chi connectivity index (χ3n) is 3.09. The Morgan fingerprint density at radius 1 is 0.778 bits per heavy atom. The number of pyridine rings is 2. The van der Waals surface area contributed by atoms with Gasteiger partial charge in [-0.15, -0.1) is 5.10 Å². The van der Waals surface area contributed by atoms with Crippen molar-refractivity contribution in [2.45, 2.75) is 0 Å². The lowest BCUT2D eigenvalue weighted by Gasteiger charge is -2.03. The smallest absolute Gasteiger partial charge is 0.112 e. The summed E-state index contributed by atoms with van der Waals surface area (Å²) in [5.74, 6) is 0. The highest BCUT2D eigenvalue weighted by Crippen LogP contribution is 2.25. The molecule has 0 aliphatic carbocycles. The molecule has 0 saturated heterocycles. The van der Waals surface area contributed by atoms with E-state index in [1.54, 1.807) is 12.4 Å². The molecule has 0 spiro atoms. The normalized spacial score (nSPS) is 11.3. The monoisotopic (exact) mass is 232 g/mol. The van der Waals surface area contributed by atoms with Crippen LogP contribution >= 0.6 is 0 Å². The van der Waals surface area contributed by atoms with E-state index in [9.17, 15) is 0 Å². The van der Waals surface area contributed by atoms with Crippen molar-refractivity contribution in [1.29, 1.82) is 0 Å². The summed E-state index contributed by atoms with van der Waals surface area (Å²) in [5, 5.41) is 11.3. The Bertz CT molecular complexity index is 880. The highest BCUT2D eigenvalue weighted by Gasteiger charge is 2.04. The fraction of sp³-hybridized carbons (Fsp3) is 0. The van der Waals surface area contributed by atoms with E-state index in [4.69, 9.17) is 0 Å². The lowest BCUT2D eigenvalue weighted by atomic mass is 10.1. The molecule has 4 aromatic rings. The lowest BCUT2D eigenvalue weighted by Crippen LogP contribution is -1.88. The SMILES string of the molecule is c1cc2ccc3nc4ccnnc4cc3c2cn1. The minimum absolute atomic E-state index is 0.807. The second-order valence-corrected chi connectivity index (χ2v) is 4.15. The van der Waals surface area contributed by atoms with Crippen LogP contribution in [0.1, 0.15) is 0 Å². The van der Waals surface area contributed by atoms with Crippen LogP contribution in [0.3, 0.4) is 0 Å². The van der Waals surface area contributed by atoms with Crippen molar-refractivity contribution in [3.05, 3.63) is 48.9 Å². The van der Waals surface area contributed by atoms with Gasteiger partial charge in [-0.25, -0.2) is 4.98 Å². The van der Waals surface area contributed by atoms with Crippen LogP contribution in [0, 0.1) is 0 Å². The maximum Gasteiger partial charge on any atom is 0.112 e. The van der Waals surface area contributed by atoms with Crippen LogP contribution in [0.25, 0.3) is 32.7 Å².